The molecule has 1 aromatic carbocycles. The number of nitrogens with zero attached hydrogens (tertiary/aromatic N) is 3. The molecule has 0 saturated heterocycles. The van der Waals surface area contributed by atoms with Gasteiger partial charge >= 0.3 is 0 Å². The molecule has 0 bridgehead atoms. The van der Waals surface area contributed by atoms with Crippen molar-refractivity contribution in [3.63, 3.8) is 0 Å². The summed E-state index contributed by atoms with van der Waals surface area (Å²) >= 11 is 1.69. The van der Waals surface area contributed by atoms with Crippen molar-refractivity contribution >= 4 is 22.8 Å². The Kier molecular flexibility index (Phi) is 3.16. The highest BCUT2D eigenvalue weighted by Crippen LogP contribution is 2.37. The van der Waals surface area contributed by atoms with Gasteiger partial charge in [0.25, 0.3) is 5.69 Å². The molecule has 0 aliphatic carbocycles. The molecule has 0 radical (unpaired) electrons. The van der Waals surface area contributed by atoms with Crippen LogP contribution in [0, 0.1) is 17.0 Å². The normalized spacial score (nSPS) is 12.9. The quantitative estimate of drug-likeness (QED) is 0.587. The number of anilines is 1. The van der Waals surface area contributed by atoms with Crippen LogP contribution >= 0.6 is 11.3 Å². The van der Waals surface area contributed by atoms with Crippen molar-refractivity contribution in [1.82, 2.24) is 9.78 Å². The van der Waals surface area contributed by atoms with Crippen LogP contribution in [0.2, 0.25) is 0 Å². The lowest BCUT2D eigenvalue weighted by molar-refractivity contribution is -0.384. The van der Waals surface area contributed by atoms with Crippen molar-refractivity contribution in [2.24, 2.45) is 0 Å². The van der Waals surface area contributed by atoms with E-state index in [0.29, 0.717) is 0 Å². The molecule has 2 aromatic heterocycles. The number of thiophene rings is 1. The summed E-state index contributed by atoms with van der Waals surface area (Å²) in [6, 6.07) is 8.62. The van der Waals surface area contributed by atoms with Crippen LogP contribution in [-0.4, -0.2) is 21.2 Å². The second kappa shape index (κ2) is 5.20. The average Bonchev–Trinajstić information content (AvgIpc) is 3.23. The van der Waals surface area contributed by atoms with Crippen LogP contribution in [0.15, 0.2) is 35.7 Å². The molecule has 1 aliphatic rings. The van der Waals surface area contributed by atoms with Crippen molar-refractivity contribution in [2.75, 3.05) is 11.9 Å². The van der Waals surface area contributed by atoms with Gasteiger partial charge < -0.3 is 5.32 Å². The summed E-state index contributed by atoms with van der Waals surface area (Å²) in [5.41, 5.74) is 4.35. The first kappa shape index (κ1) is 14.0. The SMILES string of the molecule is Cc1csc(-c2nn(-c3ccc([N+](=O)[O-])cc3)c3c2CCN3)c1. The Labute approximate surface area is 136 Å². The van der Waals surface area contributed by atoms with E-state index in [9.17, 15) is 10.1 Å². The van der Waals surface area contributed by atoms with Gasteiger partial charge in [-0.1, -0.05) is 0 Å². The van der Waals surface area contributed by atoms with Crippen LogP contribution < -0.4 is 5.32 Å². The highest BCUT2D eigenvalue weighted by molar-refractivity contribution is 7.13. The molecule has 116 valence electrons. The number of nitrogens with one attached hydrogen (secondary N) is 1. The van der Waals surface area contributed by atoms with Gasteiger partial charge in [0.15, 0.2) is 0 Å². The molecular formula is C16H14N4O2S. The highest BCUT2D eigenvalue weighted by atomic mass is 32.1. The van der Waals surface area contributed by atoms with Gasteiger partial charge in [-0.15, -0.1) is 11.3 Å². The fourth-order valence-electron chi connectivity index (χ4n) is 2.83. The summed E-state index contributed by atoms with van der Waals surface area (Å²) in [5.74, 6) is 0.986. The summed E-state index contributed by atoms with van der Waals surface area (Å²) in [4.78, 5) is 11.6. The maximum absolute atomic E-state index is 10.8. The van der Waals surface area contributed by atoms with Gasteiger partial charge in [-0.05, 0) is 42.5 Å². The van der Waals surface area contributed by atoms with Crippen LogP contribution in [0.4, 0.5) is 11.5 Å². The van der Waals surface area contributed by atoms with E-state index in [4.69, 9.17) is 5.10 Å². The van der Waals surface area contributed by atoms with E-state index in [1.807, 2.05) is 4.68 Å². The highest BCUT2D eigenvalue weighted by Gasteiger charge is 2.24. The smallest absolute Gasteiger partial charge is 0.269 e. The van der Waals surface area contributed by atoms with E-state index >= 15 is 0 Å². The van der Waals surface area contributed by atoms with Gasteiger partial charge in [-0.3, -0.25) is 10.1 Å². The van der Waals surface area contributed by atoms with E-state index in [0.717, 1.165) is 35.0 Å². The topological polar surface area (TPSA) is 73.0 Å². The summed E-state index contributed by atoms with van der Waals surface area (Å²) < 4.78 is 1.84. The maximum Gasteiger partial charge on any atom is 0.269 e. The molecule has 0 fully saturated rings. The Morgan fingerprint density at radius 3 is 2.78 bits per heavy atom. The monoisotopic (exact) mass is 326 g/mol. The molecule has 3 aromatic rings. The molecule has 7 heteroatoms. The fourth-order valence-corrected chi connectivity index (χ4v) is 3.74. The number of nitro benzene ring substituents is 1. The summed E-state index contributed by atoms with van der Waals surface area (Å²) in [7, 11) is 0. The second-order valence-corrected chi connectivity index (χ2v) is 6.44. The van der Waals surface area contributed by atoms with Crippen LogP contribution in [0.5, 0.6) is 0 Å². The van der Waals surface area contributed by atoms with Crippen molar-refractivity contribution in [1.29, 1.82) is 0 Å². The number of rotatable bonds is 3. The molecule has 1 N–H and O–H groups in total. The molecule has 4 rings (SSSR count). The first-order valence-corrected chi connectivity index (χ1v) is 8.17. The van der Waals surface area contributed by atoms with Crippen LogP contribution in [0.25, 0.3) is 16.3 Å². The molecule has 23 heavy (non-hydrogen) atoms. The molecule has 3 heterocycles. The lowest BCUT2D eigenvalue weighted by atomic mass is 10.1. The third-order valence-electron chi connectivity index (χ3n) is 3.92. The van der Waals surface area contributed by atoms with Gasteiger partial charge in [0.1, 0.15) is 11.5 Å². The van der Waals surface area contributed by atoms with Crippen molar-refractivity contribution < 1.29 is 4.92 Å². The van der Waals surface area contributed by atoms with E-state index in [1.165, 1.54) is 23.3 Å². The number of fused-ring (bicyclic) bond motifs is 1. The number of nitro groups is 1. The molecule has 6 nitrogen and oxygen atoms in total. The van der Waals surface area contributed by atoms with E-state index in [1.54, 1.807) is 23.5 Å². The zero-order chi connectivity index (χ0) is 16.0. The van der Waals surface area contributed by atoms with Crippen LogP contribution in [0.1, 0.15) is 11.1 Å². The Hall–Kier alpha value is -2.67. The molecule has 1 aliphatic heterocycles. The van der Waals surface area contributed by atoms with E-state index in [-0.39, 0.29) is 5.69 Å². The number of aryl methyl sites for hydroxylation is 1. The fraction of sp³-hybridized carbons (Fsp3) is 0.188. The average molecular weight is 326 g/mol. The summed E-state index contributed by atoms with van der Waals surface area (Å²) in [6.07, 6.45) is 0.939. The van der Waals surface area contributed by atoms with Crippen molar-refractivity contribution in [2.45, 2.75) is 13.3 Å². The summed E-state index contributed by atoms with van der Waals surface area (Å²) in [6.45, 7) is 2.96. The van der Waals surface area contributed by atoms with Gasteiger partial charge in [0, 0.05) is 24.2 Å². The number of hydrogen-bond donors (Lipinski definition) is 1. The third-order valence-corrected chi connectivity index (χ3v) is 4.97. The number of hydrogen-bond acceptors (Lipinski definition) is 5. The Balaban J connectivity index is 1.82. The first-order chi connectivity index (χ1) is 11.1. The van der Waals surface area contributed by atoms with Gasteiger partial charge in [-0.2, -0.15) is 5.10 Å². The minimum Gasteiger partial charge on any atom is -0.369 e. The maximum atomic E-state index is 10.8. The number of aromatic nitrogens is 2. The van der Waals surface area contributed by atoms with E-state index in [2.05, 4.69) is 23.7 Å². The van der Waals surface area contributed by atoms with Crippen molar-refractivity contribution in [3.05, 3.63) is 57.0 Å². The lowest BCUT2D eigenvalue weighted by Crippen LogP contribution is -2.04. The largest absolute Gasteiger partial charge is 0.369 e. The number of non-ortho nitro benzene ring substituents is 1. The predicted molar refractivity (Wildman–Crippen MR) is 90.5 cm³/mol. The predicted octanol–water partition coefficient (Wildman–Crippen LogP) is 3.79. The van der Waals surface area contributed by atoms with Crippen LogP contribution in [-0.2, 0) is 6.42 Å². The third kappa shape index (κ3) is 2.29. The molecule has 0 saturated carbocycles. The Morgan fingerprint density at radius 2 is 2.13 bits per heavy atom. The molecule has 0 unspecified atom stereocenters. The van der Waals surface area contributed by atoms with Crippen molar-refractivity contribution in [3.8, 4) is 16.3 Å². The zero-order valence-electron chi connectivity index (χ0n) is 12.4. The van der Waals surface area contributed by atoms with E-state index < -0.39 is 4.92 Å². The molecular weight excluding hydrogens is 312 g/mol. The Morgan fingerprint density at radius 1 is 1.35 bits per heavy atom. The van der Waals surface area contributed by atoms with Gasteiger partial charge in [0.2, 0.25) is 0 Å². The number of benzene rings is 1. The minimum absolute atomic E-state index is 0.0830. The zero-order valence-corrected chi connectivity index (χ0v) is 13.3. The standard InChI is InChI=1S/C16H14N4O2S/c1-10-8-14(23-9-10)15-13-6-7-17-16(13)19(18-15)11-2-4-12(5-3-11)20(21)22/h2-5,8-9,17H,6-7H2,1H3. The molecule has 0 spiro atoms. The molecule has 0 amide bonds. The second-order valence-electron chi connectivity index (χ2n) is 5.53. The lowest BCUT2D eigenvalue weighted by Gasteiger charge is -2.05. The Bertz CT molecular complexity index is 895. The minimum atomic E-state index is -0.393. The van der Waals surface area contributed by atoms with Gasteiger partial charge in [-0.25, -0.2) is 4.68 Å². The van der Waals surface area contributed by atoms with Crippen LogP contribution in [0.3, 0.4) is 0 Å². The summed E-state index contributed by atoms with van der Waals surface area (Å²) in [5, 5.41) is 21.0. The molecule has 0 atom stereocenters. The first-order valence-electron chi connectivity index (χ1n) is 7.29. The van der Waals surface area contributed by atoms with Gasteiger partial charge in [0.05, 0.1) is 15.5 Å².